The molecule has 0 aliphatic carbocycles. The second-order valence-corrected chi connectivity index (χ2v) is 4.97. The average molecular weight is 232 g/mol. The van der Waals surface area contributed by atoms with Gasteiger partial charge in [0.2, 0.25) is 0 Å². The Bertz CT molecular complexity index is 231. The van der Waals surface area contributed by atoms with Gasteiger partial charge in [-0.15, -0.1) is 0 Å². The smallest absolute Gasteiger partial charge is 0.119 e. The van der Waals surface area contributed by atoms with Crippen molar-refractivity contribution in [2.24, 2.45) is 4.99 Å². The molecule has 0 aromatic carbocycles. The molecular formula is C9H14BrNO. The van der Waals surface area contributed by atoms with Crippen LogP contribution in [0.5, 0.6) is 0 Å². The molecule has 2 nitrogen and oxygen atoms in total. The summed E-state index contributed by atoms with van der Waals surface area (Å²) < 4.78 is 5.44. The molecule has 1 rings (SSSR count). The van der Waals surface area contributed by atoms with E-state index in [1.807, 2.05) is 20.1 Å². The van der Waals surface area contributed by atoms with Gasteiger partial charge in [0.15, 0.2) is 0 Å². The van der Waals surface area contributed by atoms with E-state index in [4.69, 9.17) is 4.74 Å². The quantitative estimate of drug-likeness (QED) is 0.671. The predicted molar refractivity (Wildman–Crippen MR) is 54.8 cm³/mol. The maximum atomic E-state index is 5.47. The summed E-state index contributed by atoms with van der Waals surface area (Å²) >= 11 is 3.57. The van der Waals surface area contributed by atoms with Crippen molar-refractivity contribution in [3.63, 3.8) is 0 Å². The van der Waals surface area contributed by atoms with Crippen molar-refractivity contribution in [3.05, 3.63) is 11.5 Å². The van der Waals surface area contributed by atoms with E-state index in [2.05, 4.69) is 27.8 Å². The maximum Gasteiger partial charge on any atom is 0.119 e. The van der Waals surface area contributed by atoms with Crippen LogP contribution in [0.4, 0.5) is 0 Å². The zero-order valence-corrected chi connectivity index (χ0v) is 9.31. The lowest BCUT2D eigenvalue weighted by molar-refractivity contribution is 0.211. The third kappa shape index (κ3) is 2.34. The number of halogens is 1. The van der Waals surface area contributed by atoms with Crippen molar-refractivity contribution in [2.45, 2.75) is 31.5 Å². The average Bonchev–Trinajstić information content (AvgIpc) is 1.97. The second-order valence-electron chi connectivity index (χ2n) is 3.15. The summed E-state index contributed by atoms with van der Waals surface area (Å²) in [6, 6.07) is 0. The van der Waals surface area contributed by atoms with Crippen LogP contribution in [-0.4, -0.2) is 17.1 Å². The lowest BCUT2D eigenvalue weighted by Crippen LogP contribution is -2.22. The van der Waals surface area contributed by atoms with Crippen LogP contribution in [0.15, 0.2) is 16.4 Å². The van der Waals surface area contributed by atoms with Gasteiger partial charge in [-0.1, -0.05) is 15.9 Å². The van der Waals surface area contributed by atoms with E-state index in [9.17, 15) is 0 Å². The Kier molecular flexibility index (Phi) is 2.94. The fourth-order valence-electron chi connectivity index (χ4n) is 1.12. The fourth-order valence-corrected chi connectivity index (χ4v) is 1.48. The van der Waals surface area contributed by atoms with Crippen LogP contribution >= 0.6 is 15.9 Å². The molecule has 0 unspecified atom stereocenters. The van der Waals surface area contributed by atoms with E-state index in [0.29, 0.717) is 6.61 Å². The first-order valence-electron chi connectivity index (χ1n) is 4.12. The van der Waals surface area contributed by atoms with Crippen molar-refractivity contribution < 1.29 is 4.74 Å². The Morgan fingerprint density at radius 3 is 3.00 bits per heavy atom. The monoisotopic (exact) mass is 231 g/mol. The van der Waals surface area contributed by atoms with E-state index in [0.717, 1.165) is 17.9 Å². The van der Waals surface area contributed by atoms with E-state index < -0.39 is 0 Å². The van der Waals surface area contributed by atoms with Gasteiger partial charge in [-0.25, -0.2) is 0 Å². The van der Waals surface area contributed by atoms with Crippen molar-refractivity contribution >= 4 is 22.1 Å². The zero-order chi connectivity index (χ0) is 9.19. The number of nitrogens with zero attached hydrogens (tertiary/aromatic N) is 1. The number of aliphatic imine (C=N–C) groups is 1. The molecule has 0 fully saturated rings. The minimum Gasteiger partial charge on any atom is -0.496 e. The third-order valence-electron chi connectivity index (χ3n) is 1.76. The highest BCUT2D eigenvalue weighted by molar-refractivity contribution is 9.10. The van der Waals surface area contributed by atoms with Gasteiger partial charge in [0, 0.05) is 12.6 Å². The molecule has 3 heteroatoms. The molecule has 1 heterocycles. The first kappa shape index (κ1) is 9.78. The Morgan fingerprint density at radius 1 is 1.75 bits per heavy atom. The van der Waals surface area contributed by atoms with E-state index >= 15 is 0 Å². The van der Waals surface area contributed by atoms with E-state index in [-0.39, 0.29) is 4.32 Å². The highest BCUT2D eigenvalue weighted by atomic mass is 79.9. The molecule has 1 aliphatic heterocycles. The van der Waals surface area contributed by atoms with Crippen LogP contribution in [-0.2, 0) is 4.74 Å². The van der Waals surface area contributed by atoms with Gasteiger partial charge in [0.05, 0.1) is 16.6 Å². The first-order chi connectivity index (χ1) is 5.55. The van der Waals surface area contributed by atoms with Crippen LogP contribution in [0.1, 0.15) is 27.2 Å². The third-order valence-corrected chi connectivity index (χ3v) is 2.24. The highest BCUT2D eigenvalue weighted by Gasteiger charge is 2.25. The SMILES string of the molecule is CCOC1=C(C)N=C[C@@](C)(Br)C1. The molecule has 0 aromatic rings. The standard InChI is InChI=1S/C9H14BrNO/c1-4-12-8-5-9(3,10)6-11-7(8)2/h6H,4-5H2,1-3H3/t9-/m0/s1. The molecule has 1 atom stereocenters. The van der Waals surface area contributed by atoms with Gasteiger partial charge in [-0.3, -0.25) is 4.99 Å². The molecular weight excluding hydrogens is 218 g/mol. The summed E-state index contributed by atoms with van der Waals surface area (Å²) in [5, 5.41) is 0. The van der Waals surface area contributed by atoms with Gasteiger partial charge < -0.3 is 4.74 Å². The molecule has 0 bridgehead atoms. The summed E-state index contributed by atoms with van der Waals surface area (Å²) in [7, 11) is 0. The Morgan fingerprint density at radius 2 is 2.42 bits per heavy atom. The Hall–Kier alpha value is -0.310. The van der Waals surface area contributed by atoms with Crippen LogP contribution in [0.25, 0.3) is 0 Å². The minimum absolute atomic E-state index is 0.0307. The molecule has 68 valence electrons. The molecule has 1 aliphatic rings. The molecule has 0 spiro atoms. The number of rotatable bonds is 2. The molecule has 12 heavy (non-hydrogen) atoms. The normalized spacial score (nSPS) is 29.3. The lowest BCUT2D eigenvalue weighted by Gasteiger charge is -2.24. The minimum atomic E-state index is -0.0307. The number of hydrogen-bond donors (Lipinski definition) is 0. The van der Waals surface area contributed by atoms with Gasteiger partial charge in [0.1, 0.15) is 5.76 Å². The molecule has 0 aromatic heterocycles. The number of hydrogen-bond acceptors (Lipinski definition) is 2. The predicted octanol–water partition coefficient (Wildman–Crippen LogP) is 2.88. The first-order valence-corrected chi connectivity index (χ1v) is 4.91. The van der Waals surface area contributed by atoms with Crippen molar-refractivity contribution in [2.75, 3.05) is 6.61 Å². The number of allylic oxidation sites excluding steroid dienone is 2. The molecule has 0 saturated heterocycles. The zero-order valence-electron chi connectivity index (χ0n) is 7.72. The van der Waals surface area contributed by atoms with Crippen LogP contribution in [0, 0.1) is 0 Å². The van der Waals surface area contributed by atoms with Gasteiger partial charge >= 0.3 is 0 Å². The van der Waals surface area contributed by atoms with Crippen LogP contribution < -0.4 is 0 Å². The van der Waals surface area contributed by atoms with Crippen LogP contribution in [0.3, 0.4) is 0 Å². The molecule has 0 radical (unpaired) electrons. The van der Waals surface area contributed by atoms with Gasteiger partial charge in [-0.2, -0.15) is 0 Å². The largest absolute Gasteiger partial charge is 0.496 e. The summed E-state index contributed by atoms with van der Waals surface area (Å²) in [6.07, 6.45) is 2.81. The Balaban J connectivity index is 2.76. The molecule has 0 amide bonds. The highest BCUT2D eigenvalue weighted by Crippen LogP contribution is 2.30. The molecule has 0 saturated carbocycles. The summed E-state index contributed by atoms with van der Waals surface area (Å²) in [5.41, 5.74) is 0.994. The summed E-state index contributed by atoms with van der Waals surface area (Å²) in [5.74, 6) is 0.999. The lowest BCUT2D eigenvalue weighted by atomic mass is 10.0. The van der Waals surface area contributed by atoms with E-state index in [1.54, 1.807) is 0 Å². The van der Waals surface area contributed by atoms with Crippen molar-refractivity contribution in [1.82, 2.24) is 0 Å². The topological polar surface area (TPSA) is 21.6 Å². The summed E-state index contributed by atoms with van der Waals surface area (Å²) in [4.78, 5) is 4.27. The van der Waals surface area contributed by atoms with Gasteiger partial charge in [-0.05, 0) is 20.8 Å². The van der Waals surface area contributed by atoms with E-state index in [1.165, 1.54) is 0 Å². The van der Waals surface area contributed by atoms with Gasteiger partial charge in [0.25, 0.3) is 0 Å². The maximum absolute atomic E-state index is 5.47. The second kappa shape index (κ2) is 3.60. The van der Waals surface area contributed by atoms with Crippen molar-refractivity contribution in [3.8, 4) is 0 Å². The number of ether oxygens (including phenoxy) is 1. The summed E-state index contributed by atoms with van der Waals surface area (Å²) in [6.45, 7) is 6.77. The fraction of sp³-hybridized carbons (Fsp3) is 0.667. The van der Waals surface area contributed by atoms with Crippen molar-refractivity contribution in [1.29, 1.82) is 0 Å². The number of alkyl halides is 1. The Labute approximate surface area is 81.8 Å². The van der Waals surface area contributed by atoms with Crippen LogP contribution in [0.2, 0.25) is 0 Å². The molecule has 0 N–H and O–H groups in total.